The molecule has 0 amide bonds. The summed E-state index contributed by atoms with van der Waals surface area (Å²) in [6, 6.07) is 7.53. The summed E-state index contributed by atoms with van der Waals surface area (Å²) >= 11 is 0. The molecule has 0 saturated carbocycles. The van der Waals surface area contributed by atoms with Crippen molar-refractivity contribution in [1.29, 1.82) is 0 Å². The lowest BCUT2D eigenvalue weighted by Gasteiger charge is -2.41. The highest BCUT2D eigenvalue weighted by Crippen LogP contribution is 2.44. The van der Waals surface area contributed by atoms with E-state index in [9.17, 15) is 31.1 Å². The van der Waals surface area contributed by atoms with E-state index in [1.807, 2.05) is 24.3 Å². The highest BCUT2D eigenvalue weighted by atomic mass is 19.4. The number of hydrogen-bond donors (Lipinski definition) is 0. The Morgan fingerprint density at radius 3 is 2.11 bits per heavy atom. The number of carbonyl (C=O) groups is 1. The summed E-state index contributed by atoms with van der Waals surface area (Å²) in [5.41, 5.74) is -3.76. The molecule has 1 spiro atoms. The number of ether oxygens (including phenoxy) is 2. The van der Waals surface area contributed by atoms with E-state index in [-0.39, 0.29) is 12.3 Å². The van der Waals surface area contributed by atoms with Crippen molar-refractivity contribution in [3.63, 3.8) is 0 Å². The second kappa shape index (κ2) is 9.67. The monoisotopic (exact) mass is 504 g/mol. The molecule has 1 aromatic carbocycles. The minimum Gasteiger partial charge on any atom is -0.450 e. The summed E-state index contributed by atoms with van der Waals surface area (Å²) in [5.74, 6) is 0. The lowest BCUT2D eigenvalue weighted by atomic mass is 9.84. The third kappa shape index (κ3) is 5.71. The Kier molecular flexibility index (Phi) is 7.40. The SMILES string of the molecule is C=C(CC(C=O)(CC(=C)C(F)(F)F)OC(=NC)N1CCC2(CC1)OCc1ccccc12)C(F)(F)F. The molecule has 0 aliphatic carbocycles. The number of aldehydes is 1. The standard InChI is InChI=1S/C24H26F6N2O3/c1-16(23(25,26)27)12-21(15-33,13-17(2)24(28,29)30)35-20(31-3)32-10-8-22(9-11-32)19-7-5-4-6-18(19)14-34-22/h4-7,15H,1-2,8-14H2,3H3. The van der Waals surface area contributed by atoms with Gasteiger partial charge in [-0.3, -0.25) is 4.79 Å². The van der Waals surface area contributed by atoms with Crippen LogP contribution in [0.4, 0.5) is 26.3 Å². The number of piperidine rings is 1. The average molecular weight is 504 g/mol. The first-order valence-corrected chi connectivity index (χ1v) is 10.8. The van der Waals surface area contributed by atoms with Gasteiger partial charge in [-0.2, -0.15) is 26.3 Å². The Labute approximate surface area is 199 Å². The smallest absolute Gasteiger partial charge is 0.412 e. The second-order valence-electron chi connectivity index (χ2n) is 8.77. The van der Waals surface area contributed by atoms with Gasteiger partial charge in [0.05, 0.1) is 12.2 Å². The first kappa shape index (κ1) is 26.8. The zero-order valence-corrected chi connectivity index (χ0v) is 19.1. The maximum absolute atomic E-state index is 13.2. The van der Waals surface area contributed by atoms with Crippen molar-refractivity contribution in [2.24, 2.45) is 4.99 Å². The highest BCUT2D eigenvalue weighted by molar-refractivity contribution is 5.78. The molecule has 0 radical (unpaired) electrons. The van der Waals surface area contributed by atoms with Gasteiger partial charge in [-0.15, -0.1) is 0 Å². The van der Waals surface area contributed by atoms with E-state index >= 15 is 0 Å². The van der Waals surface area contributed by atoms with Crippen molar-refractivity contribution < 1.29 is 40.6 Å². The van der Waals surface area contributed by atoms with Gasteiger partial charge < -0.3 is 14.4 Å². The van der Waals surface area contributed by atoms with Crippen LogP contribution < -0.4 is 0 Å². The Bertz CT molecular complexity index is 979. The van der Waals surface area contributed by atoms with Crippen LogP contribution in [0.2, 0.25) is 0 Å². The van der Waals surface area contributed by atoms with Gasteiger partial charge in [0.25, 0.3) is 6.02 Å². The van der Waals surface area contributed by atoms with E-state index in [1.54, 1.807) is 4.90 Å². The predicted octanol–water partition coefficient (Wildman–Crippen LogP) is 5.47. The maximum atomic E-state index is 13.2. The van der Waals surface area contributed by atoms with Gasteiger partial charge in [0.15, 0.2) is 11.9 Å². The van der Waals surface area contributed by atoms with Gasteiger partial charge >= 0.3 is 12.4 Å². The third-order valence-corrected chi connectivity index (χ3v) is 6.38. The van der Waals surface area contributed by atoms with Crippen LogP contribution in [0.25, 0.3) is 0 Å². The van der Waals surface area contributed by atoms with Crippen LogP contribution >= 0.6 is 0 Å². The summed E-state index contributed by atoms with van der Waals surface area (Å²) in [5, 5.41) is 0. The molecule has 0 N–H and O–H groups in total. The molecule has 0 aromatic heterocycles. The molecule has 192 valence electrons. The quantitative estimate of drug-likeness (QED) is 0.170. The van der Waals surface area contributed by atoms with E-state index in [4.69, 9.17) is 9.47 Å². The van der Waals surface area contributed by atoms with E-state index in [0.717, 1.165) is 11.1 Å². The fourth-order valence-corrected chi connectivity index (χ4v) is 4.46. The number of benzene rings is 1. The number of alkyl halides is 6. The fourth-order valence-electron chi connectivity index (χ4n) is 4.46. The number of likely N-dealkylation sites (tertiary alicyclic amines) is 1. The molecule has 1 saturated heterocycles. The molecule has 3 rings (SSSR count). The number of amidine groups is 1. The van der Waals surface area contributed by atoms with Gasteiger partial charge in [0, 0.05) is 44.1 Å². The number of halogens is 6. The summed E-state index contributed by atoms with van der Waals surface area (Å²) in [7, 11) is 1.29. The van der Waals surface area contributed by atoms with E-state index < -0.39 is 47.5 Å². The number of fused-ring (bicyclic) bond motifs is 2. The number of hydrogen-bond acceptors (Lipinski definition) is 4. The second-order valence-corrected chi connectivity index (χ2v) is 8.77. The minimum atomic E-state index is -4.93. The number of nitrogens with zero attached hydrogens (tertiary/aromatic N) is 2. The molecule has 2 aliphatic heterocycles. The summed E-state index contributed by atoms with van der Waals surface area (Å²) in [6.45, 7) is 6.85. The summed E-state index contributed by atoms with van der Waals surface area (Å²) in [6.07, 6.45) is -11.3. The van der Waals surface area contributed by atoms with Gasteiger partial charge in [0.1, 0.15) is 0 Å². The molecule has 2 heterocycles. The van der Waals surface area contributed by atoms with Crippen molar-refractivity contribution in [2.45, 2.75) is 55.8 Å². The Morgan fingerprint density at radius 2 is 1.63 bits per heavy atom. The molecule has 35 heavy (non-hydrogen) atoms. The van der Waals surface area contributed by atoms with Crippen LogP contribution in [0.1, 0.15) is 36.8 Å². The fraction of sp³-hybridized carbons (Fsp3) is 0.500. The highest BCUT2D eigenvalue weighted by Gasteiger charge is 2.48. The molecular formula is C24H26F6N2O3. The van der Waals surface area contributed by atoms with Gasteiger partial charge in [-0.1, -0.05) is 37.4 Å². The minimum absolute atomic E-state index is 0.0617. The third-order valence-electron chi connectivity index (χ3n) is 6.38. The van der Waals surface area contributed by atoms with Gasteiger partial charge in [0.2, 0.25) is 0 Å². The zero-order valence-electron chi connectivity index (χ0n) is 19.1. The molecule has 1 fully saturated rings. The molecule has 1 aromatic rings. The zero-order chi connectivity index (χ0) is 26.1. The van der Waals surface area contributed by atoms with Crippen molar-refractivity contribution in [3.05, 3.63) is 59.7 Å². The molecule has 0 unspecified atom stereocenters. The first-order valence-electron chi connectivity index (χ1n) is 10.8. The van der Waals surface area contributed by atoms with Crippen molar-refractivity contribution >= 4 is 12.3 Å². The van der Waals surface area contributed by atoms with Crippen LogP contribution in [0.3, 0.4) is 0 Å². The summed E-state index contributed by atoms with van der Waals surface area (Å²) in [4.78, 5) is 17.5. The lowest BCUT2D eigenvalue weighted by Crippen LogP contribution is -2.50. The number of aliphatic imine (C=N–C) groups is 1. The van der Waals surface area contributed by atoms with E-state index in [1.165, 1.54) is 7.05 Å². The lowest BCUT2D eigenvalue weighted by molar-refractivity contribution is -0.131. The molecule has 0 bridgehead atoms. The Balaban J connectivity index is 1.81. The van der Waals surface area contributed by atoms with Crippen LogP contribution in [-0.4, -0.2) is 55.3 Å². The molecule has 5 nitrogen and oxygen atoms in total. The topological polar surface area (TPSA) is 51.1 Å². The molecule has 2 aliphatic rings. The van der Waals surface area contributed by atoms with Gasteiger partial charge in [-0.25, -0.2) is 4.99 Å². The van der Waals surface area contributed by atoms with Crippen LogP contribution in [0.5, 0.6) is 0 Å². The van der Waals surface area contributed by atoms with Crippen molar-refractivity contribution in [1.82, 2.24) is 4.90 Å². The van der Waals surface area contributed by atoms with Crippen LogP contribution in [0.15, 0.2) is 53.6 Å². The Morgan fingerprint density at radius 1 is 1.09 bits per heavy atom. The number of rotatable bonds is 6. The predicted molar refractivity (Wildman–Crippen MR) is 117 cm³/mol. The van der Waals surface area contributed by atoms with Crippen molar-refractivity contribution in [2.75, 3.05) is 20.1 Å². The molecule has 11 heteroatoms. The Hall–Kier alpha value is -2.82. The molecular weight excluding hydrogens is 478 g/mol. The summed E-state index contributed by atoms with van der Waals surface area (Å²) < 4.78 is 90.7. The van der Waals surface area contributed by atoms with Crippen molar-refractivity contribution in [3.8, 4) is 0 Å². The first-order chi connectivity index (χ1) is 16.3. The number of carbonyl (C=O) groups excluding carboxylic acids is 1. The van der Waals surface area contributed by atoms with Gasteiger partial charge in [-0.05, 0) is 24.0 Å². The average Bonchev–Trinajstić information content (AvgIpc) is 3.15. The van der Waals surface area contributed by atoms with Crippen LogP contribution in [-0.2, 0) is 26.5 Å². The largest absolute Gasteiger partial charge is 0.450 e. The van der Waals surface area contributed by atoms with E-state index in [0.29, 0.717) is 32.5 Å². The van der Waals surface area contributed by atoms with Crippen LogP contribution in [0, 0.1) is 0 Å². The molecule has 0 atom stereocenters. The maximum Gasteiger partial charge on any atom is 0.412 e. The normalized spacial score (nSPS) is 18.4. The van der Waals surface area contributed by atoms with E-state index in [2.05, 4.69) is 18.2 Å².